The van der Waals surface area contributed by atoms with E-state index in [2.05, 4.69) is 67.5 Å². The molecule has 0 aromatic rings. The van der Waals surface area contributed by atoms with Gasteiger partial charge in [0.1, 0.15) is 0 Å². The van der Waals surface area contributed by atoms with Gasteiger partial charge in [0, 0.05) is 0 Å². The molecule has 0 fully saturated rings. The summed E-state index contributed by atoms with van der Waals surface area (Å²) in [7, 11) is 0. The van der Waals surface area contributed by atoms with Crippen LogP contribution in [0.1, 0.15) is 114 Å². The first-order chi connectivity index (χ1) is 13.0. The van der Waals surface area contributed by atoms with Crippen LogP contribution in [0.3, 0.4) is 0 Å². The summed E-state index contributed by atoms with van der Waals surface area (Å²) < 4.78 is 0. The second-order valence-electron chi connectivity index (χ2n) is 12.1. The highest BCUT2D eigenvalue weighted by Gasteiger charge is 2.34. The first kappa shape index (κ1) is 24.2. The Kier molecular flexibility index (Phi) is 7.51. The summed E-state index contributed by atoms with van der Waals surface area (Å²) in [6.07, 6.45) is 15.7. The fraction of sp³-hybridized carbons (Fsp3) is 0.724. The summed E-state index contributed by atoms with van der Waals surface area (Å²) in [4.78, 5) is 0. The minimum Gasteiger partial charge on any atom is -0.0776 e. The number of rotatable bonds is 0. The van der Waals surface area contributed by atoms with Crippen molar-refractivity contribution in [2.24, 2.45) is 22.7 Å². The van der Waals surface area contributed by atoms with E-state index >= 15 is 0 Å². The van der Waals surface area contributed by atoms with E-state index in [-0.39, 0.29) is 7.43 Å². The van der Waals surface area contributed by atoms with Crippen molar-refractivity contribution in [2.45, 2.75) is 114 Å². The van der Waals surface area contributed by atoms with Gasteiger partial charge in [-0.2, -0.15) is 0 Å². The lowest BCUT2D eigenvalue weighted by Gasteiger charge is -2.36. The van der Waals surface area contributed by atoms with E-state index in [9.17, 15) is 0 Å². The molecule has 29 heavy (non-hydrogen) atoms. The Bertz CT molecular complexity index is 721. The smallest absolute Gasteiger partial charge is 0.00992 e. The molecule has 4 rings (SSSR count). The van der Waals surface area contributed by atoms with Gasteiger partial charge in [-0.15, -0.1) is 0 Å². The van der Waals surface area contributed by atoms with Crippen molar-refractivity contribution in [1.29, 1.82) is 0 Å². The predicted molar refractivity (Wildman–Crippen MR) is 131 cm³/mol. The van der Waals surface area contributed by atoms with Crippen molar-refractivity contribution in [2.75, 3.05) is 0 Å². The molecule has 4 aliphatic rings. The Morgan fingerprint density at radius 1 is 0.724 bits per heavy atom. The van der Waals surface area contributed by atoms with E-state index in [0.717, 1.165) is 11.8 Å². The van der Waals surface area contributed by atoms with Crippen molar-refractivity contribution in [3.8, 4) is 0 Å². The highest BCUT2D eigenvalue weighted by atomic mass is 14.4. The van der Waals surface area contributed by atoms with Crippen LogP contribution in [0.25, 0.3) is 0 Å². The van der Waals surface area contributed by atoms with Crippen molar-refractivity contribution in [3.05, 3.63) is 45.6 Å². The number of allylic oxidation sites excluding steroid dienone is 8. The summed E-state index contributed by atoms with van der Waals surface area (Å²) in [6.45, 7) is 18.9. The predicted octanol–water partition coefficient (Wildman–Crippen LogP) is 9.59. The summed E-state index contributed by atoms with van der Waals surface area (Å²) >= 11 is 0. The molecule has 0 saturated heterocycles. The maximum atomic E-state index is 2.46. The molecule has 2 unspecified atom stereocenters. The lowest BCUT2D eigenvalue weighted by atomic mass is 9.69. The summed E-state index contributed by atoms with van der Waals surface area (Å²) in [6, 6.07) is 0. The zero-order chi connectivity index (χ0) is 20.7. The Balaban J connectivity index is 0.000000200. The zero-order valence-corrected chi connectivity index (χ0v) is 20.0. The molecule has 0 bridgehead atoms. The van der Waals surface area contributed by atoms with Crippen LogP contribution >= 0.6 is 0 Å². The van der Waals surface area contributed by atoms with Crippen LogP contribution in [0.2, 0.25) is 0 Å². The monoisotopic (exact) mass is 396 g/mol. The van der Waals surface area contributed by atoms with Gasteiger partial charge in [-0.25, -0.2) is 0 Å². The van der Waals surface area contributed by atoms with Gasteiger partial charge in [0.15, 0.2) is 0 Å². The van der Waals surface area contributed by atoms with Gasteiger partial charge in [-0.1, -0.05) is 83.4 Å². The minimum atomic E-state index is 0. The second-order valence-corrected chi connectivity index (χ2v) is 12.1. The van der Waals surface area contributed by atoms with E-state index in [1.54, 1.807) is 33.4 Å². The highest BCUT2D eigenvalue weighted by Crippen LogP contribution is 2.47. The molecule has 0 amide bonds. The minimum absolute atomic E-state index is 0. The van der Waals surface area contributed by atoms with E-state index < -0.39 is 0 Å². The normalized spacial score (nSPS) is 26.8. The van der Waals surface area contributed by atoms with Gasteiger partial charge in [-0.3, -0.25) is 0 Å². The average Bonchev–Trinajstić information content (AvgIpc) is 3.12. The Morgan fingerprint density at radius 2 is 1.28 bits per heavy atom. The average molecular weight is 397 g/mol. The summed E-state index contributed by atoms with van der Waals surface area (Å²) in [5, 5.41) is 0. The van der Waals surface area contributed by atoms with E-state index in [0.29, 0.717) is 10.8 Å². The first-order valence-electron chi connectivity index (χ1n) is 11.7. The third kappa shape index (κ3) is 5.56. The van der Waals surface area contributed by atoms with Crippen molar-refractivity contribution in [1.82, 2.24) is 0 Å². The Hall–Kier alpha value is -1.04. The standard InChI is InChI=1S/2C14H22.CH4/c2*1-10-8-11-6-5-7-13(12(11)9-10)14(2,3)4;/h9,13H,5-8H2,1-4H3;8,13H,5-7,9H2,1-4H3;1H4. The Labute approximate surface area is 182 Å². The van der Waals surface area contributed by atoms with Crippen molar-refractivity contribution >= 4 is 0 Å². The van der Waals surface area contributed by atoms with E-state index in [1.807, 2.05) is 0 Å². The lowest BCUT2D eigenvalue weighted by Crippen LogP contribution is -2.24. The third-order valence-electron chi connectivity index (χ3n) is 7.40. The van der Waals surface area contributed by atoms with E-state index in [1.165, 1.54) is 51.4 Å². The molecule has 0 heterocycles. The molecule has 4 aliphatic carbocycles. The van der Waals surface area contributed by atoms with Gasteiger partial charge in [0.05, 0.1) is 0 Å². The first-order valence-corrected chi connectivity index (χ1v) is 11.7. The SMILES string of the molecule is C.CC1=CC2=C(C1)C(C(C)(C)C)CCC2.CC1=CC2=C(CCCC2C(C)(C)C)C1. The van der Waals surface area contributed by atoms with Crippen LogP contribution in [-0.2, 0) is 0 Å². The molecule has 0 N–H and O–H groups in total. The summed E-state index contributed by atoms with van der Waals surface area (Å²) in [5.41, 5.74) is 10.9. The fourth-order valence-electron chi connectivity index (χ4n) is 6.07. The molecule has 164 valence electrons. The molecule has 0 aromatic carbocycles. The van der Waals surface area contributed by atoms with Crippen LogP contribution in [0.15, 0.2) is 45.6 Å². The molecular weight excluding hydrogens is 348 g/mol. The van der Waals surface area contributed by atoms with Gasteiger partial charge in [-0.05, 0) is 99.0 Å². The molecule has 0 nitrogen and oxygen atoms in total. The van der Waals surface area contributed by atoms with Gasteiger partial charge < -0.3 is 0 Å². The maximum Gasteiger partial charge on any atom is -0.00992 e. The van der Waals surface area contributed by atoms with Crippen molar-refractivity contribution in [3.63, 3.8) is 0 Å². The maximum absolute atomic E-state index is 2.46. The van der Waals surface area contributed by atoms with Gasteiger partial charge >= 0.3 is 0 Å². The summed E-state index contributed by atoms with van der Waals surface area (Å²) in [5.74, 6) is 1.64. The van der Waals surface area contributed by atoms with Crippen LogP contribution in [-0.4, -0.2) is 0 Å². The molecule has 0 heteroatoms. The van der Waals surface area contributed by atoms with Gasteiger partial charge in [0.25, 0.3) is 0 Å². The molecule has 0 aliphatic heterocycles. The zero-order valence-electron chi connectivity index (χ0n) is 20.0. The lowest BCUT2D eigenvalue weighted by molar-refractivity contribution is 0.248. The van der Waals surface area contributed by atoms with Crippen molar-refractivity contribution < 1.29 is 0 Å². The quantitative estimate of drug-likeness (QED) is 0.382. The van der Waals surface area contributed by atoms with Crippen LogP contribution in [0.4, 0.5) is 0 Å². The largest absolute Gasteiger partial charge is 0.0776 e. The number of hydrogen-bond acceptors (Lipinski definition) is 0. The highest BCUT2D eigenvalue weighted by molar-refractivity contribution is 5.42. The molecule has 0 radical (unpaired) electrons. The van der Waals surface area contributed by atoms with Crippen LogP contribution in [0, 0.1) is 22.7 Å². The fourth-order valence-corrected chi connectivity index (χ4v) is 6.07. The number of hydrogen-bond donors (Lipinski definition) is 0. The van der Waals surface area contributed by atoms with Crippen LogP contribution < -0.4 is 0 Å². The van der Waals surface area contributed by atoms with Gasteiger partial charge in [0.2, 0.25) is 0 Å². The molecule has 0 spiro atoms. The van der Waals surface area contributed by atoms with E-state index in [4.69, 9.17) is 0 Å². The molecular formula is C29H48. The topological polar surface area (TPSA) is 0 Å². The Morgan fingerprint density at radius 3 is 1.90 bits per heavy atom. The third-order valence-corrected chi connectivity index (χ3v) is 7.40. The molecule has 0 saturated carbocycles. The van der Waals surface area contributed by atoms with Crippen LogP contribution in [0.5, 0.6) is 0 Å². The molecule has 0 aromatic heterocycles. The second kappa shape index (κ2) is 8.99. The molecule has 2 atom stereocenters.